The van der Waals surface area contributed by atoms with Crippen molar-refractivity contribution >= 4 is 11.8 Å². The lowest BCUT2D eigenvalue weighted by molar-refractivity contribution is 0.828. The molecule has 1 heteroatoms. The zero-order valence-electron chi connectivity index (χ0n) is 11.0. The molecule has 0 radical (unpaired) electrons. The summed E-state index contributed by atoms with van der Waals surface area (Å²) in [6.07, 6.45) is 9.05. The minimum atomic E-state index is 0.976. The van der Waals surface area contributed by atoms with Crippen molar-refractivity contribution in [3.8, 4) is 23.7 Å². The lowest BCUT2D eigenvalue weighted by Crippen LogP contribution is -1.77. The van der Waals surface area contributed by atoms with Crippen LogP contribution < -0.4 is 0 Å². The summed E-state index contributed by atoms with van der Waals surface area (Å²) < 4.78 is 0. The Labute approximate surface area is 115 Å². The fraction of sp³-hybridized carbons (Fsp3) is 0.294. The van der Waals surface area contributed by atoms with Crippen LogP contribution in [0.3, 0.4) is 0 Å². The number of unbranched alkanes of at least 4 members (excludes halogenated alkanes) is 2. The van der Waals surface area contributed by atoms with Crippen LogP contribution in [0.2, 0.25) is 0 Å². The van der Waals surface area contributed by atoms with Gasteiger partial charge >= 0.3 is 0 Å². The first kappa shape index (κ1) is 14.5. The van der Waals surface area contributed by atoms with Crippen LogP contribution >= 0.6 is 11.8 Å². The summed E-state index contributed by atoms with van der Waals surface area (Å²) >= 11 is 1.72. The van der Waals surface area contributed by atoms with Crippen LogP contribution in [0.25, 0.3) is 0 Å². The highest BCUT2D eigenvalue weighted by Gasteiger charge is 1.94. The molecular formula is C17H18S. The van der Waals surface area contributed by atoms with Crippen molar-refractivity contribution in [3.05, 3.63) is 42.0 Å². The second-order valence-corrected chi connectivity index (χ2v) is 4.58. The van der Waals surface area contributed by atoms with E-state index in [9.17, 15) is 0 Å². The third-order valence-corrected chi connectivity index (χ3v) is 3.12. The third kappa shape index (κ3) is 5.67. The summed E-state index contributed by atoms with van der Waals surface area (Å²) in [6.45, 7) is 2.17. The Kier molecular flexibility index (Phi) is 7.61. The van der Waals surface area contributed by atoms with Crippen LogP contribution in [0.5, 0.6) is 0 Å². The van der Waals surface area contributed by atoms with Gasteiger partial charge in [-0.3, -0.25) is 0 Å². The summed E-state index contributed by atoms with van der Waals surface area (Å²) in [5, 5.41) is 0. The average molecular weight is 254 g/mol. The maximum absolute atomic E-state index is 3.14. The zero-order chi connectivity index (χ0) is 13.1. The van der Waals surface area contributed by atoms with Gasteiger partial charge in [-0.1, -0.05) is 49.2 Å². The Morgan fingerprint density at radius 1 is 1.17 bits per heavy atom. The minimum absolute atomic E-state index is 0.976. The molecule has 0 atom stereocenters. The third-order valence-electron chi connectivity index (χ3n) is 2.32. The fourth-order valence-electron chi connectivity index (χ4n) is 1.35. The molecular weight excluding hydrogens is 236 g/mol. The highest BCUT2D eigenvalue weighted by molar-refractivity contribution is 7.98. The average Bonchev–Trinajstić information content (AvgIpc) is 2.42. The van der Waals surface area contributed by atoms with Crippen molar-refractivity contribution < 1.29 is 0 Å². The van der Waals surface area contributed by atoms with Crippen LogP contribution in [0.1, 0.15) is 31.7 Å². The number of allylic oxidation sites excluding steroid dienone is 2. The van der Waals surface area contributed by atoms with Crippen molar-refractivity contribution in [2.24, 2.45) is 0 Å². The van der Waals surface area contributed by atoms with Crippen molar-refractivity contribution in [2.45, 2.75) is 31.1 Å². The summed E-state index contributed by atoms with van der Waals surface area (Å²) in [5.41, 5.74) is 1.08. The molecule has 92 valence electrons. The monoisotopic (exact) mass is 254 g/mol. The molecule has 0 nitrogen and oxygen atoms in total. The first-order chi connectivity index (χ1) is 8.88. The van der Waals surface area contributed by atoms with Crippen molar-refractivity contribution in [1.82, 2.24) is 0 Å². The van der Waals surface area contributed by atoms with E-state index in [1.54, 1.807) is 11.8 Å². The first-order valence-corrected chi connectivity index (χ1v) is 7.39. The Hall–Kier alpha value is -1.57. The molecule has 0 unspecified atom stereocenters. The molecule has 1 rings (SSSR count). The maximum atomic E-state index is 3.14. The predicted molar refractivity (Wildman–Crippen MR) is 81.5 cm³/mol. The van der Waals surface area contributed by atoms with Gasteiger partial charge in [0.25, 0.3) is 0 Å². The van der Waals surface area contributed by atoms with Gasteiger partial charge in [0, 0.05) is 16.9 Å². The smallest absolute Gasteiger partial charge is 0.0384 e. The topological polar surface area (TPSA) is 0 Å². The number of hydrogen-bond donors (Lipinski definition) is 0. The van der Waals surface area contributed by atoms with Crippen LogP contribution in [0.15, 0.2) is 41.3 Å². The van der Waals surface area contributed by atoms with Crippen molar-refractivity contribution in [3.63, 3.8) is 0 Å². The van der Waals surface area contributed by atoms with Crippen molar-refractivity contribution in [1.29, 1.82) is 0 Å². The standard InChI is InChI=1S/C17H18S/c1-3-4-5-6-7-8-9-10-13-16-14-11-12-15-17(16)18-2/h8-9,11-12,14-15H,3-5H2,1-2H3. The molecule has 1 aromatic carbocycles. The van der Waals surface area contributed by atoms with Crippen LogP contribution in [-0.4, -0.2) is 6.26 Å². The number of hydrogen-bond acceptors (Lipinski definition) is 1. The van der Waals surface area contributed by atoms with E-state index in [0.717, 1.165) is 12.0 Å². The van der Waals surface area contributed by atoms with Gasteiger partial charge in [-0.2, -0.15) is 0 Å². The summed E-state index contributed by atoms with van der Waals surface area (Å²) in [5.74, 6) is 12.3. The minimum Gasteiger partial charge on any atom is -0.128 e. The summed E-state index contributed by atoms with van der Waals surface area (Å²) in [4.78, 5) is 1.22. The molecule has 0 saturated heterocycles. The van der Waals surface area contributed by atoms with Gasteiger partial charge in [-0.05, 0) is 37.0 Å². The van der Waals surface area contributed by atoms with Gasteiger partial charge < -0.3 is 0 Å². The van der Waals surface area contributed by atoms with Crippen molar-refractivity contribution in [2.75, 3.05) is 6.26 Å². The highest BCUT2D eigenvalue weighted by atomic mass is 32.2. The van der Waals surface area contributed by atoms with Gasteiger partial charge in [0.2, 0.25) is 0 Å². The summed E-state index contributed by atoms with van der Waals surface area (Å²) in [7, 11) is 0. The normalized spacial score (nSPS) is 9.44. The fourth-order valence-corrected chi connectivity index (χ4v) is 1.90. The Bertz CT molecular complexity index is 504. The lowest BCUT2D eigenvalue weighted by Gasteiger charge is -1.97. The number of benzene rings is 1. The van der Waals surface area contributed by atoms with Crippen LogP contribution in [0, 0.1) is 23.7 Å². The van der Waals surface area contributed by atoms with E-state index in [0.29, 0.717) is 0 Å². The second kappa shape index (κ2) is 9.46. The molecule has 0 amide bonds. The van der Waals surface area contributed by atoms with E-state index in [1.165, 1.54) is 17.7 Å². The Morgan fingerprint density at radius 2 is 1.94 bits per heavy atom. The highest BCUT2D eigenvalue weighted by Crippen LogP contribution is 2.18. The van der Waals surface area contributed by atoms with E-state index in [4.69, 9.17) is 0 Å². The number of thioether (sulfide) groups is 1. The van der Waals surface area contributed by atoms with Gasteiger partial charge in [0.15, 0.2) is 0 Å². The van der Waals surface area contributed by atoms with Gasteiger partial charge in [0.1, 0.15) is 0 Å². The lowest BCUT2D eigenvalue weighted by atomic mass is 10.2. The molecule has 0 N–H and O–H groups in total. The molecule has 0 bridgehead atoms. The van der Waals surface area contributed by atoms with E-state index >= 15 is 0 Å². The molecule has 1 aromatic rings. The largest absolute Gasteiger partial charge is 0.128 e. The van der Waals surface area contributed by atoms with Gasteiger partial charge in [-0.15, -0.1) is 11.8 Å². The van der Waals surface area contributed by atoms with Crippen LogP contribution in [-0.2, 0) is 0 Å². The Balaban J connectivity index is 2.54. The predicted octanol–water partition coefficient (Wildman–Crippen LogP) is 4.51. The van der Waals surface area contributed by atoms with Crippen LogP contribution in [0.4, 0.5) is 0 Å². The van der Waals surface area contributed by atoms with E-state index in [2.05, 4.69) is 42.9 Å². The zero-order valence-corrected chi connectivity index (χ0v) is 11.8. The Morgan fingerprint density at radius 3 is 2.72 bits per heavy atom. The first-order valence-electron chi connectivity index (χ1n) is 6.16. The number of rotatable bonds is 3. The molecule has 0 heterocycles. The molecule has 18 heavy (non-hydrogen) atoms. The second-order valence-electron chi connectivity index (χ2n) is 3.73. The molecule has 0 aliphatic heterocycles. The molecule has 0 aromatic heterocycles. The summed E-state index contributed by atoms with van der Waals surface area (Å²) in [6, 6.07) is 8.17. The van der Waals surface area contributed by atoms with E-state index in [1.807, 2.05) is 30.4 Å². The molecule has 0 aliphatic rings. The molecule has 0 fully saturated rings. The molecule has 0 aliphatic carbocycles. The van der Waals surface area contributed by atoms with E-state index in [-0.39, 0.29) is 0 Å². The van der Waals surface area contributed by atoms with E-state index < -0.39 is 0 Å². The SMILES string of the molecule is CCCCC#CC=CC#Cc1ccccc1SC. The van der Waals surface area contributed by atoms with Gasteiger partial charge in [0.05, 0.1) is 0 Å². The van der Waals surface area contributed by atoms with Gasteiger partial charge in [-0.25, -0.2) is 0 Å². The maximum Gasteiger partial charge on any atom is 0.0384 e. The molecule has 0 saturated carbocycles. The molecule has 0 spiro atoms. The quantitative estimate of drug-likeness (QED) is 0.434.